The number of hydrogen-bond donors (Lipinski definition) is 1. The molecular formula is C13H27NOS. The van der Waals surface area contributed by atoms with Gasteiger partial charge in [-0.05, 0) is 19.1 Å². The quantitative estimate of drug-likeness (QED) is 0.664. The van der Waals surface area contributed by atoms with Crippen molar-refractivity contribution in [1.29, 1.82) is 0 Å². The van der Waals surface area contributed by atoms with Crippen LogP contribution in [0.3, 0.4) is 0 Å². The maximum atomic E-state index is 5.92. The van der Waals surface area contributed by atoms with E-state index in [0.29, 0.717) is 17.6 Å². The lowest BCUT2D eigenvalue weighted by Gasteiger charge is -2.52. The molecule has 1 N–H and O–H groups in total. The van der Waals surface area contributed by atoms with Crippen LogP contribution in [0.1, 0.15) is 40.0 Å². The molecule has 96 valence electrons. The highest BCUT2D eigenvalue weighted by Gasteiger charge is 2.48. The molecule has 0 amide bonds. The molecule has 0 heterocycles. The summed E-state index contributed by atoms with van der Waals surface area (Å²) < 4.78 is 5.92. The van der Waals surface area contributed by atoms with Crippen LogP contribution in [-0.2, 0) is 4.74 Å². The first-order valence-corrected chi connectivity index (χ1v) is 7.86. The number of ether oxygens (including phenoxy) is 1. The fourth-order valence-electron chi connectivity index (χ4n) is 2.22. The first kappa shape index (κ1) is 14.3. The van der Waals surface area contributed by atoms with E-state index in [2.05, 4.69) is 32.3 Å². The number of nitrogens with one attached hydrogen (secondary N) is 1. The van der Waals surface area contributed by atoms with Gasteiger partial charge in [-0.2, -0.15) is 11.8 Å². The van der Waals surface area contributed by atoms with Gasteiger partial charge in [0.1, 0.15) is 0 Å². The van der Waals surface area contributed by atoms with Crippen LogP contribution in [0.25, 0.3) is 0 Å². The minimum atomic E-state index is 0.312. The molecule has 2 atom stereocenters. The predicted octanol–water partition coefficient (Wildman–Crippen LogP) is 2.92. The minimum absolute atomic E-state index is 0.312. The second-order valence-corrected chi connectivity index (χ2v) is 6.26. The van der Waals surface area contributed by atoms with Crippen molar-refractivity contribution in [1.82, 2.24) is 5.32 Å². The van der Waals surface area contributed by atoms with Crippen LogP contribution in [0.5, 0.6) is 0 Å². The standard InChI is InChI=1S/C13H27NOS/c1-5-6-8-15-12-10-11(13(12,2)3)14-7-9-16-4/h11-12,14H,5-10H2,1-4H3. The molecule has 0 aromatic rings. The van der Waals surface area contributed by atoms with E-state index in [-0.39, 0.29) is 0 Å². The lowest BCUT2D eigenvalue weighted by Crippen LogP contribution is -2.61. The third kappa shape index (κ3) is 3.64. The zero-order valence-corrected chi connectivity index (χ0v) is 12.0. The zero-order valence-electron chi connectivity index (χ0n) is 11.2. The molecule has 16 heavy (non-hydrogen) atoms. The predicted molar refractivity (Wildman–Crippen MR) is 73.2 cm³/mol. The smallest absolute Gasteiger partial charge is 0.0655 e. The summed E-state index contributed by atoms with van der Waals surface area (Å²) in [6.07, 6.45) is 6.22. The van der Waals surface area contributed by atoms with Gasteiger partial charge in [-0.3, -0.25) is 0 Å². The minimum Gasteiger partial charge on any atom is -0.378 e. The van der Waals surface area contributed by atoms with Crippen molar-refractivity contribution < 1.29 is 4.74 Å². The van der Waals surface area contributed by atoms with Crippen LogP contribution in [0.4, 0.5) is 0 Å². The summed E-state index contributed by atoms with van der Waals surface area (Å²) in [4.78, 5) is 0. The Bertz CT molecular complexity index is 178. The van der Waals surface area contributed by atoms with E-state index in [0.717, 1.165) is 13.2 Å². The molecule has 0 spiro atoms. The molecule has 0 aromatic carbocycles. The largest absolute Gasteiger partial charge is 0.378 e. The van der Waals surface area contributed by atoms with E-state index < -0.39 is 0 Å². The highest BCUT2D eigenvalue weighted by Crippen LogP contribution is 2.42. The molecular weight excluding hydrogens is 218 g/mol. The molecule has 1 fully saturated rings. The van der Waals surface area contributed by atoms with Gasteiger partial charge in [-0.25, -0.2) is 0 Å². The fourth-order valence-corrected chi connectivity index (χ4v) is 2.54. The van der Waals surface area contributed by atoms with Crippen molar-refractivity contribution in [3.63, 3.8) is 0 Å². The Morgan fingerprint density at radius 3 is 2.75 bits per heavy atom. The normalized spacial score (nSPS) is 27.8. The molecule has 2 nitrogen and oxygen atoms in total. The Kier molecular flexibility index (Phi) is 6.16. The van der Waals surface area contributed by atoms with Crippen molar-refractivity contribution >= 4 is 11.8 Å². The second-order valence-electron chi connectivity index (χ2n) is 5.27. The molecule has 1 aliphatic carbocycles. The second kappa shape index (κ2) is 6.87. The first-order valence-electron chi connectivity index (χ1n) is 6.46. The Balaban J connectivity index is 2.18. The summed E-state index contributed by atoms with van der Waals surface area (Å²) >= 11 is 1.90. The molecule has 0 aliphatic heterocycles. The summed E-state index contributed by atoms with van der Waals surface area (Å²) in [6.45, 7) is 8.91. The van der Waals surface area contributed by atoms with Crippen molar-refractivity contribution in [2.45, 2.75) is 52.2 Å². The molecule has 0 radical (unpaired) electrons. The van der Waals surface area contributed by atoms with Crippen LogP contribution in [0.2, 0.25) is 0 Å². The molecule has 0 saturated heterocycles. The number of thioether (sulfide) groups is 1. The third-order valence-electron chi connectivity index (χ3n) is 3.69. The molecule has 1 aliphatic rings. The first-order chi connectivity index (χ1) is 7.62. The van der Waals surface area contributed by atoms with Gasteiger partial charge in [0.05, 0.1) is 6.10 Å². The molecule has 1 rings (SSSR count). The van der Waals surface area contributed by atoms with Crippen LogP contribution < -0.4 is 5.32 Å². The summed E-state index contributed by atoms with van der Waals surface area (Å²) in [7, 11) is 0. The van der Waals surface area contributed by atoms with E-state index in [1.165, 1.54) is 25.0 Å². The maximum Gasteiger partial charge on any atom is 0.0655 e. The number of hydrogen-bond acceptors (Lipinski definition) is 3. The van der Waals surface area contributed by atoms with Crippen molar-refractivity contribution in [3.05, 3.63) is 0 Å². The maximum absolute atomic E-state index is 5.92. The van der Waals surface area contributed by atoms with Gasteiger partial charge in [-0.1, -0.05) is 27.2 Å². The van der Waals surface area contributed by atoms with Gasteiger partial charge in [0.25, 0.3) is 0 Å². The van der Waals surface area contributed by atoms with Crippen LogP contribution in [-0.4, -0.2) is 37.3 Å². The zero-order chi connectivity index (χ0) is 12.0. The fraction of sp³-hybridized carbons (Fsp3) is 1.00. The summed E-state index contributed by atoms with van der Waals surface area (Å²) in [5, 5.41) is 3.63. The van der Waals surface area contributed by atoms with Crippen LogP contribution >= 0.6 is 11.8 Å². The van der Waals surface area contributed by atoms with Crippen LogP contribution in [0, 0.1) is 5.41 Å². The van der Waals surface area contributed by atoms with Gasteiger partial charge < -0.3 is 10.1 Å². The third-order valence-corrected chi connectivity index (χ3v) is 4.30. The Morgan fingerprint density at radius 2 is 2.19 bits per heavy atom. The van der Waals surface area contributed by atoms with E-state index in [1.54, 1.807) is 0 Å². The molecule has 2 unspecified atom stereocenters. The Morgan fingerprint density at radius 1 is 1.44 bits per heavy atom. The summed E-state index contributed by atoms with van der Waals surface area (Å²) in [5.41, 5.74) is 0.312. The van der Waals surface area contributed by atoms with Crippen molar-refractivity contribution in [2.24, 2.45) is 5.41 Å². The van der Waals surface area contributed by atoms with Crippen LogP contribution in [0.15, 0.2) is 0 Å². The molecule has 0 bridgehead atoms. The Labute approximate surface area is 105 Å². The van der Waals surface area contributed by atoms with Crippen molar-refractivity contribution in [2.75, 3.05) is 25.2 Å². The van der Waals surface area contributed by atoms with Gasteiger partial charge >= 0.3 is 0 Å². The van der Waals surface area contributed by atoms with E-state index in [9.17, 15) is 0 Å². The molecule has 1 saturated carbocycles. The van der Waals surface area contributed by atoms with E-state index in [4.69, 9.17) is 4.74 Å². The number of rotatable bonds is 8. The lowest BCUT2D eigenvalue weighted by molar-refractivity contribution is -0.117. The van der Waals surface area contributed by atoms with E-state index in [1.807, 2.05) is 11.8 Å². The van der Waals surface area contributed by atoms with E-state index >= 15 is 0 Å². The summed E-state index contributed by atoms with van der Waals surface area (Å²) in [5.74, 6) is 1.20. The number of unbranched alkanes of at least 4 members (excludes halogenated alkanes) is 1. The SMILES string of the molecule is CCCCOC1CC(NCCSC)C1(C)C. The van der Waals surface area contributed by atoms with Gasteiger partial charge in [0, 0.05) is 30.4 Å². The Hall–Kier alpha value is 0.270. The van der Waals surface area contributed by atoms with Gasteiger partial charge in [-0.15, -0.1) is 0 Å². The monoisotopic (exact) mass is 245 g/mol. The topological polar surface area (TPSA) is 21.3 Å². The summed E-state index contributed by atoms with van der Waals surface area (Å²) in [6, 6.07) is 0.645. The van der Waals surface area contributed by atoms with Crippen molar-refractivity contribution in [3.8, 4) is 0 Å². The average molecular weight is 245 g/mol. The molecule has 0 aromatic heterocycles. The van der Waals surface area contributed by atoms with Gasteiger partial charge in [0.2, 0.25) is 0 Å². The average Bonchev–Trinajstić information content (AvgIpc) is 2.26. The highest BCUT2D eigenvalue weighted by atomic mass is 32.2. The van der Waals surface area contributed by atoms with Gasteiger partial charge in [0.15, 0.2) is 0 Å². The lowest BCUT2D eigenvalue weighted by atomic mass is 9.64. The molecule has 3 heteroatoms. The highest BCUT2D eigenvalue weighted by molar-refractivity contribution is 7.98.